The van der Waals surface area contributed by atoms with Crippen LogP contribution in [0.5, 0.6) is 0 Å². The van der Waals surface area contributed by atoms with E-state index < -0.39 is 11.9 Å². The number of aryl methyl sites for hydroxylation is 2. The van der Waals surface area contributed by atoms with Crippen molar-refractivity contribution in [1.29, 1.82) is 0 Å². The van der Waals surface area contributed by atoms with Gasteiger partial charge in [-0.15, -0.1) is 5.10 Å². The number of rotatable bonds is 4. The molecular formula is C18H14ClF3N6. The lowest BCUT2D eigenvalue weighted by Crippen LogP contribution is -2.10. The van der Waals surface area contributed by atoms with Crippen molar-refractivity contribution < 1.29 is 13.2 Å². The summed E-state index contributed by atoms with van der Waals surface area (Å²) in [5.41, 5.74) is 0.912. The van der Waals surface area contributed by atoms with Gasteiger partial charge in [0.15, 0.2) is 17.2 Å². The van der Waals surface area contributed by atoms with E-state index in [1.54, 1.807) is 10.8 Å². The minimum absolute atomic E-state index is 0.0401. The molecule has 1 aromatic carbocycles. The van der Waals surface area contributed by atoms with Crippen LogP contribution in [0.15, 0.2) is 30.6 Å². The highest BCUT2D eigenvalue weighted by molar-refractivity contribution is 6.32. The third-order valence-corrected chi connectivity index (χ3v) is 5.21. The summed E-state index contributed by atoms with van der Waals surface area (Å²) in [5.74, 6) is 0.554. The van der Waals surface area contributed by atoms with Gasteiger partial charge < -0.3 is 0 Å². The zero-order valence-electron chi connectivity index (χ0n) is 14.5. The first-order valence-electron chi connectivity index (χ1n) is 8.84. The summed E-state index contributed by atoms with van der Waals surface area (Å²) in [6.07, 6.45) is -1.00. The van der Waals surface area contributed by atoms with E-state index in [9.17, 15) is 13.2 Å². The topological polar surface area (TPSA) is 60.9 Å². The summed E-state index contributed by atoms with van der Waals surface area (Å²) in [6.45, 7) is 0.226. The van der Waals surface area contributed by atoms with Gasteiger partial charge in [-0.25, -0.2) is 14.5 Å². The van der Waals surface area contributed by atoms with Gasteiger partial charge in [-0.05, 0) is 25.0 Å². The van der Waals surface area contributed by atoms with Crippen LogP contribution in [0.2, 0.25) is 5.02 Å². The van der Waals surface area contributed by atoms with Crippen molar-refractivity contribution in [2.45, 2.75) is 37.9 Å². The maximum atomic E-state index is 13.2. The fourth-order valence-corrected chi connectivity index (χ4v) is 3.78. The van der Waals surface area contributed by atoms with Crippen molar-refractivity contribution in [3.8, 4) is 0 Å². The predicted molar refractivity (Wildman–Crippen MR) is 96.2 cm³/mol. The quantitative estimate of drug-likeness (QED) is 0.508. The molecule has 6 nitrogen and oxygen atoms in total. The van der Waals surface area contributed by atoms with Gasteiger partial charge in [-0.2, -0.15) is 18.3 Å². The number of halogens is 4. The Labute approximate surface area is 162 Å². The zero-order valence-corrected chi connectivity index (χ0v) is 15.2. The molecule has 1 aliphatic carbocycles. The molecule has 1 fully saturated rings. The Hall–Kier alpha value is -2.68. The van der Waals surface area contributed by atoms with Crippen molar-refractivity contribution in [2.24, 2.45) is 0 Å². The average molecular weight is 407 g/mol. The molecule has 0 radical (unpaired) electrons. The van der Waals surface area contributed by atoms with Crippen LogP contribution in [-0.4, -0.2) is 29.4 Å². The number of nitrogens with zero attached hydrogens (tertiary/aromatic N) is 6. The maximum absolute atomic E-state index is 13.2. The Kier molecular flexibility index (Phi) is 3.84. The molecule has 1 aliphatic rings. The van der Waals surface area contributed by atoms with Crippen LogP contribution in [0.25, 0.3) is 16.6 Å². The SMILES string of the molecule is FC(F)(F)c1nn(CCc2nc3c4ccccc4ncn3n2)c(C2CC2)c1Cl. The van der Waals surface area contributed by atoms with Gasteiger partial charge in [0.2, 0.25) is 0 Å². The summed E-state index contributed by atoms with van der Waals surface area (Å²) in [5, 5.41) is 8.72. The summed E-state index contributed by atoms with van der Waals surface area (Å²) in [6, 6.07) is 7.58. The Morgan fingerprint density at radius 3 is 2.68 bits per heavy atom. The number of benzene rings is 1. The van der Waals surface area contributed by atoms with Crippen molar-refractivity contribution in [2.75, 3.05) is 0 Å². The highest BCUT2D eigenvalue weighted by atomic mass is 35.5. The van der Waals surface area contributed by atoms with Gasteiger partial charge in [0.05, 0.1) is 16.2 Å². The van der Waals surface area contributed by atoms with E-state index in [2.05, 4.69) is 20.2 Å². The van der Waals surface area contributed by atoms with E-state index in [4.69, 9.17) is 11.6 Å². The molecule has 4 aromatic rings. The smallest absolute Gasteiger partial charge is 0.267 e. The summed E-state index contributed by atoms with van der Waals surface area (Å²) in [4.78, 5) is 8.87. The van der Waals surface area contributed by atoms with Crippen LogP contribution in [-0.2, 0) is 19.1 Å². The molecule has 28 heavy (non-hydrogen) atoms. The second kappa shape index (κ2) is 6.16. The van der Waals surface area contributed by atoms with E-state index in [1.165, 1.54) is 4.68 Å². The van der Waals surface area contributed by atoms with Gasteiger partial charge in [0.1, 0.15) is 6.33 Å². The Bertz CT molecular complexity index is 1190. The van der Waals surface area contributed by atoms with Crippen LogP contribution >= 0.6 is 11.6 Å². The lowest BCUT2D eigenvalue weighted by atomic mass is 10.2. The standard InChI is InChI=1S/C18H14ClF3N6/c19-14-15(10-5-6-10)27(26-16(14)18(20,21)22)8-7-13-24-17-11-3-1-2-4-12(11)23-9-28(17)25-13/h1-4,9-10H,5-8H2. The molecule has 0 unspecified atom stereocenters. The molecule has 0 atom stereocenters. The zero-order chi connectivity index (χ0) is 19.5. The molecule has 5 rings (SSSR count). The highest BCUT2D eigenvalue weighted by Crippen LogP contribution is 2.46. The normalized spacial score (nSPS) is 15.0. The molecule has 0 aliphatic heterocycles. The van der Waals surface area contributed by atoms with Crippen LogP contribution in [0.1, 0.15) is 36.0 Å². The first kappa shape index (κ1) is 17.4. The Morgan fingerprint density at radius 1 is 1.14 bits per heavy atom. The summed E-state index contributed by atoms with van der Waals surface area (Å²) < 4.78 is 42.5. The van der Waals surface area contributed by atoms with E-state index in [1.807, 2.05) is 24.3 Å². The minimum Gasteiger partial charge on any atom is -0.267 e. The largest absolute Gasteiger partial charge is 0.436 e. The molecule has 0 bridgehead atoms. The van der Waals surface area contributed by atoms with Crippen molar-refractivity contribution in [3.05, 3.63) is 52.8 Å². The molecule has 10 heteroatoms. The van der Waals surface area contributed by atoms with Gasteiger partial charge in [-0.1, -0.05) is 23.7 Å². The Balaban J connectivity index is 1.47. The molecule has 3 aromatic heterocycles. The third-order valence-electron chi connectivity index (χ3n) is 4.84. The molecule has 0 N–H and O–H groups in total. The monoisotopic (exact) mass is 406 g/mol. The first-order chi connectivity index (χ1) is 13.4. The molecule has 0 saturated heterocycles. The van der Waals surface area contributed by atoms with E-state index in [-0.39, 0.29) is 17.5 Å². The maximum Gasteiger partial charge on any atom is 0.436 e. The third kappa shape index (κ3) is 2.90. The molecular weight excluding hydrogens is 393 g/mol. The first-order valence-corrected chi connectivity index (χ1v) is 9.22. The van der Waals surface area contributed by atoms with Crippen molar-refractivity contribution >= 4 is 28.2 Å². The second-order valence-corrected chi connectivity index (χ2v) is 7.23. The molecule has 0 amide bonds. The molecule has 144 valence electrons. The lowest BCUT2D eigenvalue weighted by molar-refractivity contribution is -0.141. The van der Waals surface area contributed by atoms with Crippen LogP contribution in [0.4, 0.5) is 13.2 Å². The average Bonchev–Trinajstić information content (AvgIpc) is 3.30. The summed E-state index contributed by atoms with van der Waals surface area (Å²) >= 11 is 6.01. The highest BCUT2D eigenvalue weighted by Gasteiger charge is 2.41. The number of para-hydroxylation sites is 1. The van der Waals surface area contributed by atoms with Crippen molar-refractivity contribution in [1.82, 2.24) is 29.4 Å². The fraction of sp³-hybridized carbons (Fsp3) is 0.333. The second-order valence-electron chi connectivity index (χ2n) is 6.85. The fourth-order valence-electron chi connectivity index (χ4n) is 3.39. The van der Waals surface area contributed by atoms with E-state index in [0.29, 0.717) is 23.6 Å². The Morgan fingerprint density at radius 2 is 1.93 bits per heavy atom. The molecule has 0 spiro atoms. The van der Waals surface area contributed by atoms with E-state index in [0.717, 1.165) is 23.7 Å². The number of alkyl halides is 3. The number of hydrogen-bond acceptors (Lipinski definition) is 4. The number of aromatic nitrogens is 6. The van der Waals surface area contributed by atoms with Crippen LogP contribution in [0.3, 0.4) is 0 Å². The number of fused-ring (bicyclic) bond motifs is 3. The lowest BCUT2D eigenvalue weighted by Gasteiger charge is -2.05. The van der Waals surface area contributed by atoms with Crippen LogP contribution < -0.4 is 0 Å². The van der Waals surface area contributed by atoms with Gasteiger partial charge >= 0.3 is 6.18 Å². The minimum atomic E-state index is -4.57. The molecule has 1 saturated carbocycles. The summed E-state index contributed by atoms with van der Waals surface area (Å²) in [7, 11) is 0. The van der Waals surface area contributed by atoms with Gasteiger partial charge in [0, 0.05) is 24.3 Å². The van der Waals surface area contributed by atoms with E-state index >= 15 is 0 Å². The van der Waals surface area contributed by atoms with Gasteiger partial charge in [-0.3, -0.25) is 4.68 Å². The van der Waals surface area contributed by atoms with Crippen LogP contribution in [0, 0.1) is 0 Å². The predicted octanol–water partition coefficient (Wildman–Crippen LogP) is 4.27. The number of hydrogen-bond donors (Lipinski definition) is 0. The van der Waals surface area contributed by atoms with Crippen molar-refractivity contribution in [3.63, 3.8) is 0 Å². The van der Waals surface area contributed by atoms with Gasteiger partial charge in [0.25, 0.3) is 0 Å². The molecule has 3 heterocycles.